The lowest BCUT2D eigenvalue weighted by Crippen LogP contribution is -2.56. The first-order valence-corrected chi connectivity index (χ1v) is 8.43. The molecule has 1 amide bonds. The fourth-order valence-corrected chi connectivity index (χ4v) is 4.57. The summed E-state index contributed by atoms with van der Waals surface area (Å²) < 4.78 is 0. The van der Waals surface area contributed by atoms with E-state index in [1.54, 1.807) is 0 Å². The third-order valence-corrected chi connectivity index (χ3v) is 6.15. The number of nitrogens with zero attached hydrogens (tertiary/aromatic N) is 1. The molecule has 5 nitrogen and oxygen atoms in total. The van der Waals surface area contributed by atoms with Crippen LogP contribution >= 0.6 is 0 Å². The van der Waals surface area contributed by atoms with Crippen LogP contribution in [0.15, 0.2) is 0 Å². The van der Waals surface area contributed by atoms with Gasteiger partial charge >= 0.3 is 0 Å². The van der Waals surface area contributed by atoms with E-state index in [1.165, 1.54) is 0 Å². The summed E-state index contributed by atoms with van der Waals surface area (Å²) in [6.45, 7) is 3.59. The largest absolute Gasteiger partial charge is 0.396 e. The van der Waals surface area contributed by atoms with Gasteiger partial charge in [0, 0.05) is 32.2 Å². The molecule has 3 aliphatic rings. The van der Waals surface area contributed by atoms with Crippen molar-refractivity contribution in [3.8, 4) is 0 Å². The number of nitrogens with one attached hydrogen (secondary N) is 1. The van der Waals surface area contributed by atoms with Gasteiger partial charge < -0.3 is 20.4 Å². The van der Waals surface area contributed by atoms with E-state index in [9.17, 15) is 15.0 Å². The van der Waals surface area contributed by atoms with Crippen molar-refractivity contribution in [2.24, 2.45) is 11.3 Å². The zero-order valence-electron chi connectivity index (χ0n) is 12.8. The highest BCUT2D eigenvalue weighted by Crippen LogP contribution is 2.44. The van der Waals surface area contributed by atoms with E-state index in [0.29, 0.717) is 18.8 Å². The monoisotopic (exact) mass is 296 g/mol. The number of carbonyl (C=O) groups excluding carboxylic acids is 1. The summed E-state index contributed by atoms with van der Waals surface area (Å²) >= 11 is 0. The highest BCUT2D eigenvalue weighted by Gasteiger charge is 2.47. The minimum atomic E-state index is -1.09. The summed E-state index contributed by atoms with van der Waals surface area (Å²) in [4.78, 5) is 14.4. The van der Waals surface area contributed by atoms with Gasteiger partial charge in [0.05, 0.1) is 0 Å². The van der Waals surface area contributed by atoms with Gasteiger partial charge in [-0.3, -0.25) is 4.79 Å². The predicted octanol–water partition coefficient (Wildman–Crippen LogP) is 0.502. The van der Waals surface area contributed by atoms with Crippen molar-refractivity contribution in [2.75, 3.05) is 32.8 Å². The van der Waals surface area contributed by atoms with E-state index in [0.717, 1.165) is 58.3 Å². The molecule has 1 spiro atoms. The molecule has 3 fully saturated rings. The van der Waals surface area contributed by atoms with E-state index >= 15 is 0 Å². The summed E-state index contributed by atoms with van der Waals surface area (Å²) in [5.74, 6) is 0.252. The van der Waals surface area contributed by atoms with Crippen LogP contribution in [0.25, 0.3) is 0 Å². The van der Waals surface area contributed by atoms with Crippen LogP contribution < -0.4 is 5.32 Å². The molecule has 2 aliphatic heterocycles. The zero-order chi connectivity index (χ0) is 14.9. The maximum absolute atomic E-state index is 12.6. The van der Waals surface area contributed by atoms with Gasteiger partial charge in [-0.05, 0) is 56.9 Å². The Hall–Kier alpha value is -0.650. The van der Waals surface area contributed by atoms with Crippen LogP contribution in [0.3, 0.4) is 0 Å². The van der Waals surface area contributed by atoms with E-state index < -0.39 is 5.60 Å². The second kappa shape index (κ2) is 5.86. The smallest absolute Gasteiger partial charge is 0.254 e. The number of aliphatic hydroxyl groups is 2. The standard InChI is InChI=1S/C16H28N2O3/c19-12-13-11-17-8-5-15(13)6-9-18(10-7-15)14(20)16(21)3-1-2-4-16/h13,17,19,21H,1-12H2. The van der Waals surface area contributed by atoms with Crippen LogP contribution in [0.2, 0.25) is 0 Å². The second-order valence-corrected chi connectivity index (χ2v) is 7.23. The molecule has 0 radical (unpaired) electrons. The molecule has 21 heavy (non-hydrogen) atoms. The quantitative estimate of drug-likeness (QED) is 0.694. The van der Waals surface area contributed by atoms with E-state index in [-0.39, 0.29) is 17.9 Å². The summed E-state index contributed by atoms with van der Waals surface area (Å²) in [5.41, 5.74) is -0.899. The fourth-order valence-electron chi connectivity index (χ4n) is 4.57. The number of amides is 1. The van der Waals surface area contributed by atoms with Crippen molar-refractivity contribution < 1.29 is 15.0 Å². The number of rotatable bonds is 2. The molecule has 1 atom stereocenters. The minimum absolute atomic E-state index is 0.0515. The number of piperidine rings is 2. The molecule has 5 heteroatoms. The third kappa shape index (κ3) is 2.71. The average Bonchev–Trinajstić information content (AvgIpc) is 2.96. The van der Waals surface area contributed by atoms with Crippen molar-refractivity contribution in [1.29, 1.82) is 0 Å². The molecular formula is C16H28N2O3. The number of likely N-dealkylation sites (tertiary alicyclic amines) is 1. The molecule has 3 N–H and O–H groups in total. The topological polar surface area (TPSA) is 72.8 Å². The summed E-state index contributed by atoms with van der Waals surface area (Å²) in [5, 5.41) is 23.5. The molecule has 120 valence electrons. The molecule has 3 rings (SSSR count). The summed E-state index contributed by atoms with van der Waals surface area (Å²) in [6.07, 6.45) is 6.16. The molecule has 1 unspecified atom stereocenters. The average molecular weight is 296 g/mol. The van der Waals surface area contributed by atoms with Crippen molar-refractivity contribution in [2.45, 2.75) is 50.5 Å². The Balaban J connectivity index is 1.63. The number of carbonyl (C=O) groups is 1. The lowest BCUT2D eigenvalue weighted by Gasteiger charge is -2.49. The van der Waals surface area contributed by atoms with Gasteiger partial charge in [-0.1, -0.05) is 0 Å². The molecule has 2 saturated heterocycles. The Labute approximate surface area is 126 Å². The van der Waals surface area contributed by atoms with Crippen LogP contribution in [0.1, 0.15) is 44.9 Å². The molecule has 2 heterocycles. The van der Waals surface area contributed by atoms with Crippen molar-refractivity contribution in [3.05, 3.63) is 0 Å². The first kappa shape index (κ1) is 15.3. The highest BCUT2D eigenvalue weighted by atomic mass is 16.3. The van der Waals surface area contributed by atoms with Gasteiger partial charge in [0.1, 0.15) is 5.60 Å². The first-order chi connectivity index (χ1) is 10.1. The Bertz CT molecular complexity index is 385. The van der Waals surface area contributed by atoms with Gasteiger partial charge in [-0.15, -0.1) is 0 Å². The predicted molar refractivity (Wildman–Crippen MR) is 79.7 cm³/mol. The van der Waals surface area contributed by atoms with Crippen molar-refractivity contribution in [1.82, 2.24) is 10.2 Å². The Kier molecular flexibility index (Phi) is 4.26. The molecule has 0 aromatic rings. The normalized spacial score (nSPS) is 31.5. The first-order valence-electron chi connectivity index (χ1n) is 8.43. The SMILES string of the molecule is O=C(N1CCC2(CCNCC2CO)CC1)C1(O)CCCC1. The maximum Gasteiger partial charge on any atom is 0.254 e. The van der Waals surface area contributed by atoms with Crippen LogP contribution in [0.5, 0.6) is 0 Å². The summed E-state index contributed by atoms with van der Waals surface area (Å²) in [7, 11) is 0. The minimum Gasteiger partial charge on any atom is -0.396 e. The lowest BCUT2D eigenvalue weighted by atomic mass is 9.65. The van der Waals surface area contributed by atoms with Crippen LogP contribution in [-0.2, 0) is 4.79 Å². The molecule has 1 saturated carbocycles. The number of hydrogen-bond acceptors (Lipinski definition) is 4. The Morgan fingerprint density at radius 1 is 1.14 bits per heavy atom. The lowest BCUT2D eigenvalue weighted by molar-refractivity contribution is -0.154. The van der Waals surface area contributed by atoms with Gasteiger partial charge in [0.2, 0.25) is 0 Å². The van der Waals surface area contributed by atoms with Crippen molar-refractivity contribution >= 4 is 5.91 Å². The van der Waals surface area contributed by atoms with E-state index in [1.807, 2.05) is 4.90 Å². The second-order valence-electron chi connectivity index (χ2n) is 7.23. The molecule has 1 aliphatic carbocycles. The van der Waals surface area contributed by atoms with Crippen LogP contribution in [0.4, 0.5) is 0 Å². The number of hydrogen-bond donors (Lipinski definition) is 3. The molecule has 0 aromatic carbocycles. The van der Waals surface area contributed by atoms with Crippen LogP contribution in [-0.4, -0.2) is 59.4 Å². The zero-order valence-corrected chi connectivity index (χ0v) is 12.8. The fraction of sp³-hybridized carbons (Fsp3) is 0.938. The van der Waals surface area contributed by atoms with Gasteiger partial charge in [-0.25, -0.2) is 0 Å². The number of aliphatic hydroxyl groups excluding tert-OH is 1. The third-order valence-electron chi connectivity index (χ3n) is 6.15. The molecule has 0 bridgehead atoms. The maximum atomic E-state index is 12.6. The van der Waals surface area contributed by atoms with E-state index in [2.05, 4.69) is 5.32 Å². The molecular weight excluding hydrogens is 268 g/mol. The molecule has 0 aromatic heterocycles. The van der Waals surface area contributed by atoms with Gasteiger partial charge in [0.15, 0.2) is 0 Å². The van der Waals surface area contributed by atoms with Gasteiger partial charge in [0.25, 0.3) is 5.91 Å². The Morgan fingerprint density at radius 2 is 1.81 bits per heavy atom. The summed E-state index contributed by atoms with van der Waals surface area (Å²) in [6, 6.07) is 0. The van der Waals surface area contributed by atoms with Crippen molar-refractivity contribution in [3.63, 3.8) is 0 Å². The van der Waals surface area contributed by atoms with Gasteiger partial charge in [-0.2, -0.15) is 0 Å². The highest BCUT2D eigenvalue weighted by molar-refractivity contribution is 5.85. The van der Waals surface area contributed by atoms with Crippen LogP contribution in [0, 0.1) is 11.3 Å². The Morgan fingerprint density at radius 3 is 2.43 bits per heavy atom. The van der Waals surface area contributed by atoms with E-state index in [4.69, 9.17) is 0 Å².